The van der Waals surface area contributed by atoms with Crippen LogP contribution in [0.3, 0.4) is 0 Å². The Morgan fingerprint density at radius 2 is 1.38 bits per heavy atom. The van der Waals surface area contributed by atoms with Gasteiger partial charge in [-0.05, 0) is 48.4 Å². The number of hydrogen-bond donors (Lipinski definition) is 1. The van der Waals surface area contributed by atoms with E-state index in [4.69, 9.17) is 23.2 Å². The van der Waals surface area contributed by atoms with Gasteiger partial charge in [0, 0.05) is 35.6 Å². The summed E-state index contributed by atoms with van der Waals surface area (Å²) >= 11 is 13.0. The van der Waals surface area contributed by atoms with Gasteiger partial charge in [-0.3, -0.25) is 13.9 Å². The molecule has 0 saturated carbocycles. The van der Waals surface area contributed by atoms with Crippen molar-refractivity contribution in [3.63, 3.8) is 0 Å². The monoisotopic (exact) mass is 623 g/mol. The molecule has 0 bridgehead atoms. The van der Waals surface area contributed by atoms with Crippen molar-refractivity contribution in [1.29, 1.82) is 0 Å². The molecule has 42 heavy (non-hydrogen) atoms. The van der Waals surface area contributed by atoms with E-state index in [0.717, 1.165) is 9.87 Å². The van der Waals surface area contributed by atoms with E-state index in [1.54, 1.807) is 67.6 Å². The summed E-state index contributed by atoms with van der Waals surface area (Å²) in [5.74, 6) is -1.01. The van der Waals surface area contributed by atoms with E-state index < -0.39 is 34.4 Å². The number of rotatable bonds is 11. The second kappa shape index (κ2) is 13.9. The summed E-state index contributed by atoms with van der Waals surface area (Å²) in [6, 6.07) is 28.1. The molecule has 0 heterocycles. The fourth-order valence-electron chi connectivity index (χ4n) is 4.65. The smallest absolute Gasteiger partial charge is 0.264 e. The molecule has 218 valence electrons. The molecule has 7 nitrogen and oxygen atoms in total. The van der Waals surface area contributed by atoms with Gasteiger partial charge in [0.15, 0.2) is 0 Å². The molecule has 0 saturated heterocycles. The molecule has 0 aliphatic rings. The van der Waals surface area contributed by atoms with Crippen LogP contribution in [0.2, 0.25) is 10.0 Å². The molecule has 0 aliphatic carbocycles. The Labute approximate surface area is 256 Å². The molecule has 1 atom stereocenters. The Morgan fingerprint density at radius 3 is 1.98 bits per heavy atom. The zero-order valence-electron chi connectivity index (χ0n) is 23.2. The molecule has 4 rings (SSSR count). The number of benzene rings is 4. The lowest BCUT2D eigenvalue weighted by Crippen LogP contribution is -2.53. The quantitative estimate of drug-likeness (QED) is 0.226. The Hall–Kier alpha value is -3.85. The van der Waals surface area contributed by atoms with E-state index in [0.29, 0.717) is 26.9 Å². The van der Waals surface area contributed by atoms with Gasteiger partial charge in [0.05, 0.1) is 10.6 Å². The number of anilines is 1. The van der Waals surface area contributed by atoms with Gasteiger partial charge < -0.3 is 10.2 Å². The standard InChI is InChI=1S/C32H31Cl2N3O4S/c1-23-12-9-10-19-29(23)37(42(40,41)25-15-7-4-8-16-25)22-31(38)36(21-26-27(33)17-11-18-28(26)34)30(32(39)35-2)20-24-13-5-3-6-14-24/h3-19,30H,20-22H2,1-2H3,(H,35,39)/t30-/m1/s1. The van der Waals surface area contributed by atoms with Gasteiger partial charge in [-0.15, -0.1) is 0 Å². The summed E-state index contributed by atoms with van der Waals surface area (Å²) in [6.07, 6.45) is 0.185. The molecule has 0 aromatic heterocycles. The third-order valence-electron chi connectivity index (χ3n) is 6.90. The van der Waals surface area contributed by atoms with Crippen LogP contribution in [0.5, 0.6) is 0 Å². The highest BCUT2D eigenvalue weighted by molar-refractivity contribution is 7.92. The zero-order chi connectivity index (χ0) is 30.3. The van der Waals surface area contributed by atoms with Crippen LogP contribution in [0.4, 0.5) is 5.69 Å². The third-order valence-corrected chi connectivity index (χ3v) is 9.38. The van der Waals surface area contributed by atoms with Crippen LogP contribution in [-0.2, 0) is 32.6 Å². The van der Waals surface area contributed by atoms with Crippen molar-refractivity contribution in [3.05, 3.63) is 130 Å². The van der Waals surface area contributed by atoms with E-state index in [9.17, 15) is 18.0 Å². The Bertz CT molecular complexity index is 1630. The van der Waals surface area contributed by atoms with Crippen LogP contribution in [0.25, 0.3) is 0 Å². The van der Waals surface area contributed by atoms with Crippen LogP contribution in [0.1, 0.15) is 16.7 Å². The summed E-state index contributed by atoms with van der Waals surface area (Å²) < 4.78 is 29.1. The highest BCUT2D eigenvalue weighted by atomic mass is 35.5. The van der Waals surface area contributed by atoms with E-state index in [1.807, 2.05) is 30.3 Å². The number of carbonyl (C=O) groups excluding carboxylic acids is 2. The van der Waals surface area contributed by atoms with Crippen molar-refractivity contribution in [2.75, 3.05) is 17.9 Å². The number of halogens is 2. The van der Waals surface area contributed by atoms with Crippen molar-refractivity contribution >= 4 is 50.7 Å². The highest BCUT2D eigenvalue weighted by Gasteiger charge is 2.35. The number of nitrogens with zero attached hydrogens (tertiary/aromatic N) is 2. The van der Waals surface area contributed by atoms with Crippen molar-refractivity contribution in [1.82, 2.24) is 10.2 Å². The van der Waals surface area contributed by atoms with Crippen LogP contribution in [0.15, 0.2) is 108 Å². The topological polar surface area (TPSA) is 86.8 Å². The summed E-state index contributed by atoms with van der Waals surface area (Å²) in [6.45, 7) is 1.10. The number of amides is 2. The molecule has 0 fully saturated rings. The first-order chi connectivity index (χ1) is 20.1. The number of aryl methyl sites for hydroxylation is 1. The van der Waals surface area contributed by atoms with Crippen molar-refractivity contribution in [2.45, 2.75) is 30.8 Å². The average Bonchev–Trinajstić information content (AvgIpc) is 2.99. The minimum Gasteiger partial charge on any atom is -0.357 e. The second-order valence-electron chi connectivity index (χ2n) is 9.65. The van der Waals surface area contributed by atoms with Crippen LogP contribution in [-0.4, -0.2) is 44.8 Å². The maximum Gasteiger partial charge on any atom is 0.264 e. The first-order valence-corrected chi connectivity index (χ1v) is 15.4. The number of para-hydroxylation sites is 1. The van der Waals surface area contributed by atoms with E-state index in [1.165, 1.54) is 24.1 Å². The third kappa shape index (κ3) is 7.13. The molecular formula is C32H31Cl2N3O4S. The number of sulfonamides is 1. The Balaban J connectivity index is 1.82. The molecule has 0 spiro atoms. The van der Waals surface area contributed by atoms with E-state index in [-0.39, 0.29) is 17.9 Å². The van der Waals surface area contributed by atoms with Gasteiger partial charge >= 0.3 is 0 Å². The van der Waals surface area contributed by atoms with Crippen LogP contribution < -0.4 is 9.62 Å². The summed E-state index contributed by atoms with van der Waals surface area (Å²) in [5, 5.41) is 3.30. The minimum atomic E-state index is -4.17. The largest absolute Gasteiger partial charge is 0.357 e. The summed E-state index contributed by atoms with van der Waals surface area (Å²) in [7, 11) is -2.68. The predicted molar refractivity (Wildman–Crippen MR) is 167 cm³/mol. The van der Waals surface area contributed by atoms with Crippen LogP contribution >= 0.6 is 23.2 Å². The molecule has 4 aromatic rings. The maximum absolute atomic E-state index is 14.3. The van der Waals surface area contributed by atoms with Gasteiger partial charge in [0.1, 0.15) is 12.6 Å². The molecular weight excluding hydrogens is 593 g/mol. The van der Waals surface area contributed by atoms with E-state index >= 15 is 0 Å². The molecule has 0 aliphatic heterocycles. The van der Waals surface area contributed by atoms with Crippen molar-refractivity contribution < 1.29 is 18.0 Å². The molecule has 1 N–H and O–H groups in total. The lowest BCUT2D eigenvalue weighted by atomic mass is 10.0. The molecule has 10 heteroatoms. The first kappa shape index (κ1) is 31.1. The minimum absolute atomic E-state index is 0.0360. The van der Waals surface area contributed by atoms with Gasteiger partial charge in [-0.2, -0.15) is 0 Å². The molecule has 0 radical (unpaired) electrons. The van der Waals surface area contributed by atoms with Crippen molar-refractivity contribution in [3.8, 4) is 0 Å². The molecule has 4 aromatic carbocycles. The number of carbonyl (C=O) groups is 2. The average molecular weight is 625 g/mol. The fraction of sp³-hybridized carbons (Fsp3) is 0.188. The lowest BCUT2D eigenvalue weighted by Gasteiger charge is -2.34. The maximum atomic E-state index is 14.3. The Kier molecular flexibility index (Phi) is 10.3. The molecule has 2 amide bonds. The highest BCUT2D eigenvalue weighted by Crippen LogP contribution is 2.30. The van der Waals surface area contributed by atoms with Crippen molar-refractivity contribution in [2.24, 2.45) is 0 Å². The summed E-state index contributed by atoms with van der Waals surface area (Å²) in [5.41, 5.74) is 2.29. The number of likely N-dealkylation sites (N-methyl/N-ethyl adjacent to an activating group) is 1. The van der Waals surface area contributed by atoms with Gasteiger partial charge in [-0.1, -0.05) is 96.0 Å². The number of nitrogens with one attached hydrogen (secondary N) is 1. The summed E-state index contributed by atoms with van der Waals surface area (Å²) in [4.78, 5) is 29.1. The SMILES string of the molecule is CNC(=O)[C@@H](Cc1ccccc1)N(Cc1c(Cl)cccc1Cl)C(=O)CN(c1ccccc1C)S(=O)(=O)c1ccccc1. The van der Waals surface area contributed by atoms with Gasteiger partial charge in [0.25, 0.3) is 10.0 Å². The lowest BCUT2D eigenvalue weighted by molar-refractivity contribution is -0.139. The zero-order valence-corrected chi connectivity index (χ0v) is 25.5. The fourth-order valence-corrected chi connectivity index (χ4v) is 6.67. The predicted octanol–water partition coefficient (Wildman–Crippen LogP) is 5.88. The second-order valence-corrected chi connectivity index (χ2v) is 12.3. The Morgan fingerprint density at radius 1 is 0.810 bits per heavy atom. The van der Waals surface area contributed by atoms with Gasteiger partial charge in [-0.25, -0.2) is 8.42 Å². The number of hydrogen-bond acceptors (Lipinski definition) is 4. The van der Waals surface area contributed by atoms with Gasteiger partial charge in [0.2, 0.25) is 11.8 Å². The van der Waals surface area contributed by atoms with Crippen LogP contribution in [0, 0.1) is 6.92 Å². The molecule has 0 unspecified atom stereocenters. The first-order valence-electron chi connectivity index (χ1n) is 13.2. The normalized spacial score (nSPS) is 11.9. The van der Waals surface area contributed by atoms with E-state index in [2.05, 4.69) is 5.32 Å².